The van der Waals surface area contributed by atoms with E-state index in [0.29, 0.717) is 0 Å². The van der Waals surface area contributed by atoms with E-state index in [1.54, 1.807) is 6.92 Å². The first-order chi connectivity index (χ1) is 15.3. The Bertz CT molecular complexity index is 946. The van der Waals surface area contributed by atoms with Crippen LogP contribution >= 0.6 is 0 Å². The minimum Gasteiger partial charge on any atom is -0.481 e. The van der Waals surface area contributed by atoms with E-state index in [9.17, 15) is 14.4 Å². The molecule has 3 atom stereocenters. The number of carbonyl (C=O) groups is 3. The fourth-order valence-corrected chi connectivity index (χ4v) is 3.80. The molecular weight excluding hydrogens is 412 g/mol. The van der Waals surface area contributed by atoms with Crippen molar-refractivity contribution >= 4 is 18.0 Å². The molecule has 0 radical (unpaired) electrons. The molecule has 0 bridgehead atoms. The molecule has 32 heavy (non-hydrogen) atoms. The third-order valence-electron chi connectivity index (χ3n) is 5.80. The van der Waals surface area contributed by atoms with Crippen molar-refractivity contribution in [1.82, 2.24) is 10.6 Å². The van der Waals surface area contributed by atoms with Gasteiger partial charge in [-0.15, -0.1) is 0 Å². The van der Waals surface area contributed by atoms with E-state index < -0.39 is 36.0 Å². The van der Waals surface area contributed by atoms with Gasteiger partial charge in [0.2, 0.25) is 5.91 Å². The Morgan fingerprint density at radius 1 is 0.969 bits per heavy atom. The minimum absolute atomic E-state index is 0.0792. The van der Waals surface area contributed by atoms with Crippen LogP contribution in [0.3, 0.4) is 0 Å². The fraction of sp³-hybridized carbons (Fsp3) is 0.375. The van der Waals surface area contributed by atoms with Crippen LogP contribution in [-0.2, 0) is 19.1 Å². The largest absolute Gasteiger partial charge is 0.481 e. The summed E-state index contributed by atoms with van der Waals surface area (Å²) in [5.41, 5.74) is 4.42. The van der Waals surface area contributed by atoms with Crippen LogP contribution in [0, 0.1) is 5.92 Å². The van der Waals surface area contributed by atoms with Crippen LogP contribution in [0.4, 0.5) is 4.79 Å². The number of ether oxygens (including phenoxy) is 2. The van der Waals surface area contributed by atoms with Gasteiger partial charge in [0.1, 0.15) is 12.6 Å². The van der Waals surface area contributed by atoms with E-state index in [2.05, 4.69) is 10.6 Å². The minimum atomic E-state index is -1.02. The molecule has 2 aromatic carbocycles. The van der Waals surface area contributed by atoms with Gasteiger partial charge in [0.25, 0.3) is 0 Å². The van der Waals surface area contributed by atoms with Crippen molar-refractivity contribution in [3.05, 3.63) is 59.7 Å². The van der Waals surface area contributed by atoms with Crippen LogP contribution in [0.2, 0.25) is 0 Å². The van der Waals surface area contributed by atoms with Crippen molar-refractivity contribution in [2.45, 2.75) is 31.8 Å². The predicted octanol–water partition coefficient (Wildman–Crippen LogP) is 2.77. The number of nitrogens with one attached hydrogen (secondary N) is 2. The van der Waals surface area contributed by atoms with Crippen LogP contribution in [-0.4, -0.2) is 55.5 Å². The van der Waals surface area contributed by atoms with E-state index in [-0.39, 0.29) is 19.1 Å². The van der Waals surface area contributed by atoms with E-state index >= 15 is 0 Å². The van der Waals surface area contributed by atoms with Gasteiger partial charge < -0.3 is 25.2 Å². The number of carbonyl (C=O) groups excluding carboxylic acids is 2. The van der Waals surface area contributed by atoms with Crippen LogP contribution in [0.15, 0.2) is 48.5 Å². The summed E-state index contributed by atoms with van der Waals surface area (Å²) >= 11 is 0. The van der Waals surface area contributed by atoms with E-state index in [0.717, 1.165) is 22.3 Å². The molecule has 170 valence electrons. The number of hydrogen-bond donors (Lipinski definition) is 3. The molecule has 8 nitrogen and oxygen atoms in total. The van der Waals surface area contributed by atoms with Gasteiger partial charge >= 0.3 is 12.1 Å². The van der Waals surface area contributed by atoms with E-state index in [1.807, 2.05) is 48.5 Å². The van der Waals surface area contributed by atoms with Crippen molar-refractivity contribution in [3.8, 4) is 11.1 Å². The first-order valence-electron chi connectivity index (χ1n) is 10.5. The van der Waals surface area contributed by atoms with Gasteiger partial charge in [-0.2, -0.15) is 0 Å². The van der Waals surface area contributed by atoms with Gasteiger partial charge in [-0.1, -0.05) is 48.5 Å². The highest BCUT2D eigenvalue weighted by atomic mass is 16.5. The lowest BCUT2D eigenvalue weighted by atomic mass is 9.98. The number of carboxylic acid groups (broad SMARTS) is 1. The zero-order chi connectivity index (χ0) is 23.3. The van der Waals surface area contributed by atoms with Crippen LogP contribution in [0.1, 0.15) is 30.9 Å². The second-order valence-corrected chi connectivity index (χ2v) is 7.90. The Kier molecular flexibility index (Phi) is 7.48. The number of rotatable bonds is 9. The molecule has 0 aliphatic heterocycles. The Hall–Kier alpha value is -3.39. The summed E-state index contributed by atoms with van der Waals surface area (Å²) in [4.78, 5) is 36.1. The lowest BCUT2D eigenvalue weighted by Gasteiger charge is -2.23. The third-order valence-corrected chi connectivity index (χ3v) is 5.80. The average molecular weight is 440 g/mol. The first-order valence-corrected chi connectivity index (χ1v) is 10.5. The van der Waals surface area contributed by atoms with E-state index in [4.69, 9.17) is 14.6 Å². The lowest BCUT2D eigenvalue weighted by molar-refractivity contribution is -0.142. The molecule has 3 N–H and O–H groups in total. The second-order valence-electron chi connectivity index (χ2n) is 7.90. The maximum atomic E-state index is 12.5. The molecule has 8 heteroatoms. The molecule has 0 aromatic heterocycles. The Morgan fingerprint density at radius 2 is 1.53 bits per heavy atom. The van der Waals surface area contributed by atoms with Crippen LogP contribution in [0.25, 0.3) is 11.1 Å². The normalized spacial score (nSPS) is 15.1. The molecule has 2 amide bonds. The molecule has 2 aromatic rings. The van der Waals surface area contributed by atoms with Gasteiger partial charge in [-0.25, -0.2) is 4.79 Å². The monoisotopic (exact) mass is 440 g/mol. The van der Waals surface area contributed by atoms with Crippen LogP contribution in [0.5, 0.6) is 0 Å². The molecule has 3 rings (SSSR count). The lowest BCUT2D eigenvalue weighted by Crippen LogP contribution is -2.53. The summed E-state index contributed by atoms with van der Waals surface area (Å²) in [6, 6.07) is 14.4. The van der Waals surface area contributed by atoms with Crippen molar-refractivity contribution in [2.24, 2.45) is 5.92 Å². The molecule has 0 fully saturated rings. The van der Waals surface area contributed by atoms with Crippen molar-refractivity contribution in [1.29, 1.82) is 0 Å². The van der Waals surface area contributed by atoms with Crippen molar-refractivity contribution in [3.63, 3.8) is 0 Å². The summed E-state index contributed by atoms with van der Waals surface area (Å²) < 4.78 is 10.5. The number of alkyl carbamates (subject to hydrolysis) is 1. The number of benzene rings is 2. The number of aliphatic carboxylic acids is 1. The maximum absolute atomic E-state index is 12.5. The fourth-order valence-electron chi connectivity index (χ4n) is 3.80. The SMILES string of the molecule is COCC(NC(=O)OCC1c2ccccc2-c2ccccc21)C(=O)NC(C)C(C)C(=O)O. The number of fused-ring (bicyclic) bond motifs is 3. The van der Waals surface area contributed by atoms with Crippen LogP contribution < -0.4 is 10.6 Å². The van der Waals surface area contributed by atoms with Gasteiger partial charge in [-0.05, 0) is 36.1 Å². The second kappa shape index (κ2) is 10.3. The van der Waals surface area contributed by atoms with Gasteiger partial charge in [-0.3, -0.25) is 9.59 Å². The number of methoxy groups -OCH3 is 1. The quantitative estimate of drug-likeness (QED) is 0.553. The number of amides is 2. The van der Waals surface area contributed by atoms with Gasteiger partial charge in [0.05, 0.1) is 12.5 Å². The summed E-state index contributed by atoms with van der Waals surface area (Å²) in [7, 11) is 1.41. The zero-order valence-electron chi connectivity index (χ0n) is 18.3. The molecule has 0 spiro atoms. The van der Waals surface area contributed by atoms with Crippen molar-refractivity contribution < 1.29 is 29.0 Å². The number of carboxylic acids is 1. The Morgan fingerprint density at radius 3 is 2.06 bits per heavy atom. The third kappa shape index (κ3) is 5.08. The molecule has 0 saturated carbocycles. The van der Waals surface area contributed by atoms with E-state index in [1.165, 1.54) is 14.0 Å². The molecule has 0 heterocycles. The topological polar surface area (TPSA) is 114 Å². The Balaban J connectivity index is 1.63. The first kappa shape index (κ1) is 23.3. The molecule has 3 unspecified atom stereocenters. The molecular formula is C24H28N2O6. The highest BCUT2D eigenvalue weighted by molar-refractivity contribution is 5.86. The summed E-state index contributed by atoms with van der Waals surface area (Å²) in [6.07, 6.45) is -0.747. The molecule has 1 aliphatic rings. The smallest absolute Gasteiger partial charge is 0.407 e. The van der Waals surface area contributed by atoms with Crippen molar-refractivity contribution in [2.75, 3.05) is 20.3 Å². The number of hydrogen-bond acceptors (Lipinski definition) is 5. The molecule has 0 saturated heterocycles. The summed E-state index contributed by atoms with van der Waals surface area (Å²) in [5.74, 6) is -2.44. The standard InChI is InChI=1S/C24H28N2O6/c1-14(23(28)29)15(2)25-22(27)21(13-31-3)26-24(30)32-12-20-18-10-6-4-8-16(18)17-9-5-7-11-19(17)20/h4-11,14-15,20-21H,12-13H2,1-3H3,(H,25,27)(H,26,30)(H,28,29). The van der Waals surface area contributed by atoms with Gasteiger partial charge in [0.15, 0.2) is 0 Å². The average Bonchev–Trinajstić information content (AvgIpc) is 3.10. The summed E-state index contributed by atoms with van der Waals surface area (Å²) in [6.45, 7) is 3.13. The predicted molar refractivity (Wildman–Crippen MR) is 118 cm³/mol. The highest BCUT2D eigenvalue weighted by Crippen LogP contribution is 2.44. The maximum Gasteiger partial charge on any atom is 0.407 e. The Labute approximate surface area is 186 Å². The van der Waals surface area contributed by atoms with Gasteiger partial charge in [0, 0.05) is 19.1 Å². The zero-order valence-corrected chi connectivity index (χ0v) is 18.3. The summed E-state index contributed by atoms with van der Waals surface area (Å²) in [5, 5.41) is 14.2. The highest BCUT2D eigenvalue weighted by Gasteiger charge is 2.30. The molecule has 1 aliphatic carbocycles.